The minimum Gasteiger partial charge on any atom is -0.490 e. The average molecular weight is 426 g/mol. The molecule has 2 atom stereocenters. The molecule has 2 aliphatic heterocycles. The number of nitrogens with one attached hydrogen (secondary N) is 2. The van der Waals surface area contributed by atoms with Gasteiger partial charge in [0.2, 0.25) is 5.91 Å². The third-order valence-corrected chi connectivity index (χ3v) is 6.47. The average Bonchev–Trinajstić information content (AvgIpc) is 3.33. The van der Waals surface area contributed by atoms with Crippen LogP contribution in [0, 0.1) is 20.8 Å². The van der Waals surface area contributed by atoms with Gasteiger partial charge < -0.3 is 9.64 Å². The number of benzene rings is 1. The molecule has 1 aromatic heterocycles. The molecule has 31 heavy (non-hydrogen) atoms. The molecule has 0 bridgehead atoms. The van der Waals surface area contributed by atoms with Crippen LogP contribution in [-0.4, -0.2) is 45.8 Å². The first-order chi connectivity index (χ1) is 15.0. The first-order valence-corrected chi connectivity index (χ1v) is 11.5. The second-order valence-electron chi connectivity index (χ2n) is 8.90. The van der Waals surface area contributed by atoms with Crippen molar-refractivity contribution >= 4 is 5.91 Å². The molecule has 4 rings (SSSR count). The van der Waals surface area contributed by atoms with Crippen molar-refractivity contribution in [3.63, 3.8) is 0 Å². The van der Waals surface area contributed by atoms with E-state index in [1.54, 1.807) is 0 Å². The summed E-state index contributed by atoms with van der Waals surface area (Å²) in [5, 5.41) is 4.69. The fraction of sp³-hybridized carbons (Fsp3) is 0.583. The molecular weight excluding hydrogens is 390 g/mol. The minimum atomic E-state index is -0.201. The van der Waals surface area contributed by atoms with Gasteiger partial charge in [0.05, 0.1) is 11.7 Å². The van der Waals surface area contributed by atoms with E-state index in [9.17, 15) is 4.79 Å². The minimum absolute atomic E-state index is 0.113. The van der Waals surface area contributed by atoms with Crippen LogP contribution in [-0.2, 0) is 11.3 Å². The van der Waals surface area contributed by atoms with Crippen LogP contribution >= 0.6 is 0 Å². The number of carbonyl (C=O) groups is 1. The first kappa shape index (κ1) is 21.8. The second-order valence-corrected chi connectivity index (χ2v) is 8.90. The maximum Gasteiger partial charge on any atom is 0.241 e. The van der Waals surface area contributed by atoms with E-state index < -0.39 is 0 Å². The van der Waals surface area contributed by atoms with Crippen molar-refractivity contribution in [1.29, 1.82) is 0 Å². The summed E-state index contributed by atoms with van der Waals surface area (Å²) in [6.45, 7) is 10.8. The van der Waals surface area contributed by atoms with E-state index in [4.69, 9.17) is 9.84 Å². The van der Waals surface area contributed by atoms with Gasteiger partial charge in [-0.15, -0.1) is 0 Å². The zero-order valence-electron chi connectivity index (χ0n) is 19.1. The molecule has 0 radical (unpaired) electrons. The van der Waals surface area contributed by atoms with Gasteiger partial charge >= 0.3 is 0 Å². The number of rotatable bonds is 6. The van der Waals surface area contributed by atoms with E-state index >= 15 is 0 Å². The summed E-state index contributed by atoms with van der Waals surface area (Å²) in [6.07, 6.45) is 3.71. The molecule has 2 aliphatic rings. The first-order valence-electron chi connectivity index (χ1n) is 11.5. The van der Waals surface area contributed by atoms with Gasteiger partial charge in [0.25, 0.3) is 0 Å². The van der Waals surface area contributed by atoms with E-state index in [2.05, 4.69) is 55.4 Å². The molecule has 0 saturated carbocycles. The number of nitrogens with zero attached hydrogens (tertiary/aromatic N) is 3. The Bertz CT molecular complexity index is 917. The molecule has 1 aromatic carbocycles. The summed E-state index contributed by atoms with van der Waals surface area (Å²) in [4.78, 5) is 15.1. The molecule has 168 valence electrons. The summed E-state index contributed by atoms with van der Waals surface area (Å²) in [5.41, 5.74) is 11.3. The Labute approximate surface area is 185 Å². The summed E-state index contributed by atoms with van der Waals surface area (Å²) in [6, 6.07) is 8.08. The summed E-state index contributed by atoms with van der Waals surface area (Å²) in [7, 11) is 0. The van der Waals surface area contributed by atoms with Crippen LogP contribution in [0.25, 0.3) is 0 Å². The van der Waals surface area contributed by atoms with Crippen LogP contribution in [0.5, 0.6) is 5.75 Å². The van der Waals surface area contributed by atoms with E-state index in [0.29, 0.717) is 0 Å². The SMILES string of the molecule is CCCn1nc(C)c(C2CC(C(=O)N3CCC(Oc4cccc(C)c4)CC3)NN2)c1C. The number of piperidine rings is 1. The smallest absolute Gasteiger partial charge is 0.241 e. The molecule has 2 saturated heterocycles. The van der Waals surface area contributed by atoms with Crippen molar-refractivity contribution in [2.75, 3.05) is 13.1 Å². The van der Waals surface area contributed by atoms with Crippen LogP contribution in [0.15, 0.2) is 24.3 Å². The lowest BCUT2D eigenvalue weighted by molar-refractivity contribution is -0.135. The standard InChI is InChI=1S/C24H35N5O2/c1-5-11-29-18(4)23(17(3)27-29)21-15-22(26-25-21)24(30)28-12-9-19(10-13-28)31-20-8-6-7-16(2)14-20/h6-8,14,19,21-22,25-26H,5,9-13,15H2,1-4H3. The van der Waals surface area contributed by atoms with Crippen LogP contribution in [0.2, 0.25) is 0 Å². The van der Waals surface area contributed by atoms with Gasteiger partial charge in [-0.3, -0.25) is 9.48 Å². The zero-order chi connectivity index (χ0) is 22.0. The number of likely N-dealkylation sites (tertiary alicyclic amines) is 1. The van der Waals surface area contributed by atoms with Gasteiger partial charge in [0, 0.05) is 43.7 Å². The van der Waals surface area contributed by atoms with Gasteiger partial charge in [0.15, 0.2) is 0 Å². The number of aryl methyl sites for hydroxylation is 3. The number of amides is 1. The van der Waals surface area contributed by atoms with Crippen LogP contribution in [0.3, 0.4) is 0 Å². The van der Waals surface area contributed by atoms with Crippen LogP contribution < -0.4 is 15.6 Å². The topological polar surface area (TPSA) is 71.4 Å². The van der Waals surface area contributed by atoms with Gasteiger partial charge in [-0.2, -0.15) is 5.10 Å². The van der Waals surface area contributed by atoms with Crippen molar-refractivity contribution in [3.05, 3.63) is 46.8 Å². The molecule has 2 unspecified atom stereocenters. The highest BCUT2D eigenvalue weighted by molar-refractivity contribution is 5.82. The molecular formula is C24H35N5O2. The molecule has 7 heteroatoms. The maximum absolute atomic E-state index is 13.1. The number of carbonyl (C=O) groups excluding carboxylic acids is 1. The quantitative estimate of drug-likeness (QED) is 0.744. The third kappa shape index (κ3) is 4.77. The zero-order valence-corrected chi connectivity index (χ0v) is 19.1. The molecule has 1 amide bonds. The number of hydrazine groups is 1. The number of ether oxygens (including phenoxy) is 1. The lowest BCUT2D eigenvalue weighted by atomic mass is 9.99. The molecule has 2 N–H and O–H groups in total. The summed E-state index contributed by atoms with van der Waals surface area (Å²) in [5.74, 6) is 1.10. The van der Waals surface area contributed by atoms with Gasteiger partial charge in [0.1, 0.15) is 17.9 Å². The predicted octanol–water partition coefficient (Wildman–Crippen LogP) is 3.20. The van der Waals surface area contributed by atoms with E-state index in [1.165, 1.54) is 16.8 Å². The van der Waals surface area contributed by atoms with Crippen molar-refractivity contribution in [2.45, 2.75) is 78.1 Å². The largest absolute Gasteiger partial charge is 0.490 e. The fourth-order valence-electron chi connectivity index (χ4n) is 4.85. The fourth-order valence-corrected chi connectivity index (χ4v) is 4.85. The van der Waals surface area contributed by atoms with Gasteiger partial charge in [-0.25, -0.2) is 10.9 Å². The molecule has 7 nitrogen and oxygen atoms in total. The van der Waals surface area contributed by atoms with Crippen molar-refractivity contribution in [2.24, 2.45) is 0 Å². The summed E-state index contributed by atoms with van der Waals surface area (Å²) >= 11 is 0. The Morgan fingerprint density at radius 3 is 2.68 bits per heavy atom. The van der Waals surface area contributed by atoms with E-state index in [0.717, 1.165) is 56.8 Å². The summed E-state index contributed by atoms with van der Waals surface area (Å²) < 4.78 is 8.22. The Morgan fingerprint density at radius 1 is 1.19 bits per heavy atom. The Balaban J connectivity index is 1.31. The van der Waals surface area contributed by atoms with Crippen LogP contribution in [0.1, 0.15) is 61.2 Å². The number of hydrogen-bond donors (Lipinski definition) is 2. The maximum atomic E-state index is 13.1. The van der Waals surface area contributed by atoms with Crippen molar-refractivity contribution in [1.82, 2.24) is 25.5 Å². The van der Waals surface area contributed by atoms with Crippen molar-refractivity contribution < 1.29 is 9.53 Å². The van der Waals surface area contributed by atoms with Crippen molar-refractivity contribution in [3.8, 4) is 5.75 Å². The van der Waals surface area contributed by atoms with E-state index in [-0.39, 0.29) is 24.1 Å². The van der Waals surface area contributed by atoms with Gasteiger partial charge in [-0.1, -0.05) is 19.1 Å². The predicted molar refractivity (Wildman–Crippen MR) is 121 cm³/mol. The Morgan fingerprint density at radius 2 is 1.97 bits per heavy atom. The Hall–Kier alpha value is -2.38. The highest BCUT2D eigenvalue weighted by atomic mass is 16.5. The third-order valence-electron chi connectivity index (χ3n) is 6.47. The molecule has 3 heterocycles. The number of aromatic nitrogens is 2. The second kappa shape index (κ2) is 9.40. The van der Waals surface area contributed by atoms with E-state index in [1.807, 2.05) is 17.0 Å². The molecule has 0 spiro atoms. The highest BCUT2D eigenvalue weighted by Gasteiger charge is 2.36. The lowest BCUT2D eigenvalue weighted by Gasteiger charge is -2.33. The Kier molecular flexibility index (Phi) is 6.62. The lowest BCUT2D eigenvalue weighted by Crippen LogP contribution is -2.49. The van der Waals surface area contributed by atoms with Crippen LogP contribution in [0.4, 0.5) is 0 Å². The highest BCUT2D eigenvalue weighted by Crippen LogP contribution is 2.29. The number of hydrogen-bond acceptors (Lipinski definition) is 5. The molecule has 2 aromatic rings. The monoisotopic (exact) mass is 425 g/mol. The molecule has 0 aliphatic carbocycles. The molecule has 2 fully saturated rings. The normalized spacial score (nSPS) is 22.1. The van der Waals surface area contributed by atoms with Gasteiger partial charge in [-0.05, 0) is 51.3 Å².